The molecule has 3 rings (SSSR count). The van der Waals surface area contributed by atoms with E-state index in [-0.39, 0.29) is 30.1 Å². The lowest BCUT2D eigenvalue weighted by atomic mass is 10.0. The van der Waals surface area contributed by atoms with E-state index in [0.717, 1.165) is 16.7 Å². The molecule has 1 aliphatic rings. The van der Waals surface area contributed by atoms with Crippen LogP contribution in [0.2, 0.25) is 0 Å². The molecular formula is C20H24N2O3S. The van der Waals surface area contributed by atoms with Crippen molar-refractivity contribution in [2.75, 3.05) is 18.1 Å². The van der Waals surface area contributed by atoms with Gasteiger partial charge in [0, 0.05) is 19.1 Å². The summed E-state index contributed by atoms with van der Waals surface area (Å²) >= 11 is 0. The lowest BCUT2D eigenvalue weighted by Gasteiger charge is -2.33. The smallest absolute Gasteiger partial charge is 0.317 e. The maximum absolute atomic E-state index is 12.4. The number of carbonyl (C=O) groups excluding carboxylic acids is 1. The van der Waals surface area contributed by atoms with Crippen LogP contribution in [0.5, 0.6) is 0 Å². The lowest BCUT2D eigenvalue weighted by Crippen LogP contribution is -2.53. The van der Waals surface area contributed by atoms with Gasteiger partial charge in [-0.2, -0.15) is 0 Å². The van der Waals surface area contributed by atoms with Crippen LogP contribution in [0.4, 0.5) is 4.79 Å². The Morgan fingerprint density at radius 3 is 2.54 bits per heavy atom. The number of nitrogens with zero attached hydrogens (tertiary/aromatic N) is 1. The summed E-state index contributed by atoms with van der Waals surface area (Å²) in [6.45, 7) is 4.50. The van der Waals surface area contributed by atoms with Gasteiger partial charge < -0.3 is 10.2 Å². The molecular weight excluding hydrogens is 348 g/mol. The first-order chi connectivity index (χ1) is 12.3. The maximum atomic E-state index is 12.4. The average Bonchev–Trinajstić information content (AvgIpc) is 2.59. The molecule has 1 unspecified atom stereocenters. The van der Waals surface area contributed by atoms with Crippen LogP contribution >= 0.6 is 0 Å². The molecule has 0 bridgehead atoms. The van der Waals surface area contributed by atoms with Gasteiger partial charge in [0.05, 0.1) is 11.5 Å². The molecule has 6 heteroatoms. The first-order valence-electron chi connectivity index (χ1n) is 8.75. The predicted molar refractivity (Wildman–Crippen MR) is 104 cm³/mol. The van der Waals surface area contributed by atoms with Crippen LogP contribution in [-0.4, -0.2) is 43.4 Å². The van der Waals surface area contributed by atoms with Crippen molar-refractivity contribution in [2.45, 2.75) is 26.4 Å². The second-order valence-corrected chi connectivity index (χ2v) is 9.11. The molecule has 1 fully saturated rings. The van der Waals surface area contributed by atoms with Gasteiger partial charge in [-0.1, -0.05) is 48.0 Å². The third-order valence-electron chi connectivity index (χ3n) is 4.65. The van der Waals surface area contributed by atoms with Crippen LogP contribution in [-0.2, 0) is 16.4 Å². The molecule has 2 aromatic carbocycles. The number of urea groups is 1. The zero-order chi connectivity index (χ0) is 18.7. The van der Waals surface area contributed by atoms with Crippen molar-refractivity contribution in [1.29, 1.82) is 0 Å². The summed E-state index contributed by atoms with van der Waals surface area (Å²) in [6.07, 6.45) is 0. The van der Waals surface area contributed by atoms with Crippen LogP contribution in [0.1, 0.15) is 18.1 Å². The Morgan fingerprint density at radius 1 is 1.15 bits per heavy atom. The second kappa shape index (κ2) is 7.50. The molecule has 0 aromatic heterocycles. The van der Waals surface area contributed by atoms with E-state index >= 15 is 0 Å². The van der Waals surface area contributed by atoms with E-state index < -0.39 is 9.84 Å². The van der Waals surface area contributed by atoms with Crippen molar-refractivity contribution in [3.8, 4) is 11.1 Å². The summed E-state index contributed by atoms with van der Waals surface area (Å²) < 4.78 is 23.3. The molecule has 0 saturated carbocycles. The van der Waals surface area contributed by atoms with Gasteiger partial charge in [-0.3, -0.25) is 0 Å². The van der Waals surface area contributed by atoms with Crippen LogP contribution in [0.3, 0.4) is 0 Å². The van der Waals surface area contributed by atoms with Crippen molar-refractivity contribution in [1.82, 2.24) is 10.2 Å². The molecule has 0 spiro atoms. The third kappa shape index (κ3) is 4.43. The first-order valence-corrected chi connectivity index (χ1v) is 10.6. The fourth-order valence-corrected chi connectivity index (χ4v) is 4.82. The molecule has 5 nitrogen and oxygen atoms in total. The van der Waals surface area contributed by atoms with Gasteiger partial charge in [-0.05, 0) is 36.6 Å². The normalized spacial score (nSPS) is 19.2. The summed E-state index contributed by atoms with van der Waals surface area (Å²) in [7, 11) is -3.03. The zero-order valence-electron chi connectivity index (χ0n) is 15.1. The van der Waals surface area contributed by atoms with E-state index in [9.17, 15) is 13.2 Å². The zero-order valence-corrected chi connectivity index (χ0v) is 15.9. The van der Waals surface area contributed by atoms with Gasteiger partial charge in [0.15, 0.2) is 9.84 Å². The minimum atomic E-state index is -3.03. The Balaban J connectivity index is 1.65. The molecule has 1 aliphatic heterocycles. The summed E-state index contributed by atoms with van der Waals surface area (Å²) in [5, 5.41) is 2.91. The Kier molecular flexibility index (Phi) is 5.32. The Morgan fingerprint density at radius 2 is 1.85 bits per heavy atom. The lowest BCUT2D eigenvalue weighted by molar-refractivity contribution is 0.184. The van der Waals surface area contributed by atoms with E-state index in [1.54, 1.807) is 11.8 Å². The summed E-state index contributed by atoms with van der Waals surface area (Å²) in [4.78, 5) is 14.0. The summed E-state index contributed by atoms with van der Waals surface area (Å²) in [5.41, 5.74) is 4.47. The van der Waals surface area contributed by atoms with E-state index in [4.69, 9.17) is 0 Å². The first kappa shape index (κ1) is 18.5. The van der Waals surface area contributed by atoms with Crippen molar-refractivity contribution in [3.63, 3.8) is 0 Å². The van der Waals surface area contributed by atoms with E-state index in [2.05, 4.69) is 42.6 Å². The number of amides is 2. The molecule has 1 N–H and O–H groups in total. The Hall–Kier alpha value is -2.34. The minimum Gasteiger partial charge on any atom is -0.334 e. The summed E-state index contributed by atoms with van der Waals surface area (Å²) in [5.74, 6) is 0.0663. The topological polar surface area (TPSA) is 66.5 Å². The van der Waals surface area contributed by atoms with Gasteiger partial charge in [-0.15, -0.1) is 0 Å². The van der Waals surface area contributed by atoms with Crippen molar-refractivity contribution < 1.29 is 13.2 Å². The predicted octanol–water partition coefficient (Wildman–Crippen LogP) is 2.99. The molecule has 0 aliphatic carbocycles. The van der Waals surface area contributed by atoms with Crippen LogP contribution < -0.4 is 5.32 Å². The van der Waals surface area contributed by atoms with Crippen molar-refractivity contribution in [2.24, 2.45) is 0 Å². The second-order valence-electron chi connectivity index (χ2n) is 6.89. The van der Waals surface area contributed by atoms with Crippen molar-refractivity contribution >= 4 is 15.9 Å². The van der Waals surface area contributed by atoms with Gasteiger partial charge in [0.2, 0.25) is 0 Å². The SMILES string of the molecule is Cc1cccc(-c2cccc(CNC(=O)N3CCS(=O)(=O)CC3C)c2)c1. The molecule has 2 amide bonds. The highest BCUT2D eigenvalue weighted by Crippen LogP contribution is 2.21. The van der Waals surface area contributed by atoms with Gasteiger partial charge in [0.1, 0.15) is 0 Å². The number of rotatable bonds is 3. The van der Waals surface area contributed by atoms with E-state index in [1.807, 2.05) is 18.2 Å². The van der Waals surface area contributed by atoms with Crippen LogP contribution in [0.25, 0.3) is 11.1 Å². The number of benzene rings is 2. The van der Waals surface area contributed by atoms with Crippen LogP contribution in [0, 0.1) is 6.92 Å². The fourth-order valence-electron chi connectivity index (χ4n) is 3.27. The molecule has 26 heavy (non-hydrogen) atoms. The quantitative estimate of drug-likeness (QED) is 0.901. The van der Waals surface area contributed by atoms with E-state index in [1.165, 1.54) is 5.56 Å². The maximum Gasteiger partial charge on any atom is 0.317 e. The largest absolute Gasteiger partial charge is 0.334 e. The average molecular weight is 372 g/mol. The van der Waals surface area contributed by atoms with Gasteiger partial charge in [-0.25, -0.2) is 13.2 Å². The number of carbonyl (C=O) groups is 1. The van der Waals surface area contributed by atoms with E-state index in [0.29, 0.717) is 6.54 Å². The highest BCUT2D eigenvalue weighted by molar-refractivity contribution is 7.91. The molecule has 1 atom stereocenters. The molecule has 1 saturated heterocycles. The fraction of sp³-hybridized carbons (Fsp3) is 0.350. The van der Waals surface area contributed by atoms with Crippen LogP contribution in [0.15, 0.2) is 48.5 Å². The summed E-state index contributed by atoms with van der Waals surface area (Å²) in [6, 6.07) is 15.9. The Labute approximate surface area is 154 Å². The number of hydrogen-bond donors (Lipinski definition) is 1. The number of nitrogens with one attached hydrogen (secondary N) is 1. The van der Waals surface area contributed by atoms with Gasteiger partial charge in [0.25, 0.3) is 0 Å². The monoisotopic (exact) mass is 372 g/mol. The standard InChI is InChI=1S/C20H24N2O3S/c1-15-5-3-7-18(11-15)19-8-4-6-17(12-19)13-21-20(23)22-9-10-26(24,25)14-16(22)2/h3-8,11-12,16H,9-10,13-14H2,1-2H3,(H,21,23). The van der Waals surface area contributed by atoms with Crippen molar-refractivity contribution in [3.05, 3.63) is 59.7 Å². The molecule has 138 valence electrons. The molecule has 1 heterocycles. The third-order valence-corrected chi connectivity index (χ3v) is 6.45. The number of aryl methyl sites for hydroxylation is 1. The number of hydrogen-bond acceptors (Lipinski definition) is 3. The number of sulfone groups is 1. The van der Waals surface area contributed by atoms with Gasteiger partial charge >= 0.3 is 6.03 Å². The highest BCUT2D eigenvalue weighted by Gasteiger charge is 2.30. The molecule has 2 aromatic rings. The highest BCUT2D eigenvalue weighted by atomic mass is 32.2. The Bertz CT molecular complexity index is 909. The minimum absolute atomic E-state index is 0.0310. The molecule has 0 radical (unpaired) electrons.